The Morgan fingerprint density at radius 2 is 1.67 bits per heavy atom. The maximum absolute atomic E-state index is 10.3. The third kappa shape index (κ3) is 2.66. The molecular formula is C22H16ClN3O. The highest BCUT2D eigenvalue weighted by Crippen LogP contribution is 2.38. The topological polar surface area (TPSA) is 50.1 Å². The van der Waals surface area contributed by atoms with E-state index in [-0.39, 0.29) is 11.8 Å². The molecular weight excluding hydrogens is 358 g/mol. The fourth-order valence-corrected chi connectivity index (χ4v) is 3.70. The van der Waals surface area contributed by atoms with Crippen LogP contribution in [0.2, 0.25) is 5.02 Å². The Morgan fingerprint density at radius 1 is 0.926 bits per heavy atom. The van der Waals surface area contributed by atoms with Crippen LogP contribution >= 0.6 is 11.6 Å². The second-order valence-corrected chi connectivity index (χ2v) is 6.95. The summed E-state index contributed by atoms with van der Waals surface area (Å²) in [5.41, 5.74) is 4.64. The summed E-state index contributed by atoms with van der Waals surface area (Å²) >= 11 is 6.09. The van der Waals surface area contributed by atoms with E-state index >= 15 is 0 Å². The molecule has 4 nitrogen and oxygen atoms in total. The molecule has 27 heavy (non-hydrogen) atoms. The van der Waals surface area contributed by atoms with E-state index in [2.05, 4.69) is 22.0 Å². The van der Waals surface area contributed by atoms with Crippen molar-refractivity contribution < 1.29 is 5.11 Å². The van der Waals surface area contributed by atoms with E-state index in [4.69, 9.17) is 16.6 Å². The van der Waals surface area contributed by atoms with E-state index in [9.17, 15) is 5.11 Å². The molecule has 0 fully saturated rings. The third-order valence-electron chi connectivity index (χ3n) is 4.85. The predicted molar refractivity (Wildman–Crippen MR) is 109 cm³/mol. The smallest absolute Gasteiger partial charge is 0.209 e. The first-order valence-electron chi connectivity index (χ1n) is 8.70. The monoisotopic (exact) mass is 373 g/mol. The minimum atomic E-state index is -0.0690. The highest BCUT2D eigenvalue weighted by molar-refractivity contribution is 6.30. The van der Waals surface area contributed by atoms with Crippen molar-refractivity contribution >= 4 is 34.3 Å². The molecule has 0 saturated heterocycles. The molecule has 3 aromatic carbocycles. The Balaban J connectivity index is 1.74. The number of halogens is 1. The second kappa shape index (κ2) is 6.18. The lowest BCUT2D eigenvalue weighted by atomic mass is 10.0. The number of hydrogen-bond donors (Lipinski definition) is 2. The number of phenolic OH excluding ortho intramolecular Hbond substituents is 1. The average Bonchev–Trinajstić information content (AvgIpc) is 3.07. The molecule has 5 heteroatoms. The zero-order valence-electron chi connectivity index (χ0n) is 14.3. The van der Waals surface area contributed by atoms with Crippen LogP contribution in [0.3, 0.4) is 0 Å². The summed E-state index contributed by atoms with van der Waals surface area (Å²) in [7, 11) is 0. The number of anilines is 1. The van der Waals surface area contributed by atoms with E-state index in [0.717, 1.165) is 33.8 Å². The number of phenols is 1. The molecule has 5 rings (SSSR count). The minimum Gasteiger partial charge on any atom is -0.507 e. The van der Waals surface area contributed by atoms with Crippen molar-refractivity contribution in [1.82, 2.24) is 9.55 Å². The molecule has 2 heterocycles. The van der Waals surface area contributed by atoms with Crippen molar-refractivity contribution in [2.24, 2.45) is 0 Å². The van der Waals surface area contributed by atoms with Crippen LogP contribution in [0.25, 0.3) is 16.7 Å². The Kier molecular flexibility index (Phi) is 3.66. The van der Waals surface area contributed by atoms with Crippen molar-refractivity contribution in [1.29, 1.82) is 0 Å². The number of benzene rings is 3. The summed E-state index contributed by atoms with van der Waals surface area (Å²) in [5.74, 6) is 0.979. The SMILES string of the molecule is Oc1ccccc1C1=C[C@H](c2ccc(Cl)cc2)n2c(nc3ccccc32)N1. The maximum atomic E-state index is 10.3. The zero-order chi connectivity index (χ0) is 18.4. The number of rotatable bonds is 2. The van der Waals surface area contributed by atoms with Gasteiger partial charge in [-0.25, -0.2) is 4.98 Å². The molecule has 0 bridgehead atoms. The van der Waals surface area contributed by atoms with Crippen LogP contribution in [0.4, 0.5) is 5.95 Å². The molecule has 1 aliphatic heterocycles. The Bertz CT molecular complexity index is 1180. The van der Waals surface area contributed by atoms with Gasteiger partial charge in [0, 0.05) is 10.6 Å². The van der Waals surface area contributed by atoms with Crippen LogP contribution in [0, 0.1) is 0 Å². The van der Waals surface area contributed by atoms with E-state index in [1.165, 1.54) is 0 Å². The van der Waals surface area contributed by atoms with Crippen molar-refractivity contribution in [3.05, 3.63) is 95.0 Å². The van der Waals surface area contributed by atoms with E-state index in [0.29, 0.717) is 5.02 Å². The van der Waals surface area contributed by atoms with Gasteiger partial charge in [-0.2, -0.15) is 0 Å². The quantitative estimate of drug-likeness (QED) is 0.491. The first-order chi connectivity index (χ1) is 13.2. The standard InChI is InChI=1S/C22H16ClN3O/c23-15-11-9-14(10-12-15)20-13-18(16-5-1-4-8-21(16)27)25-22-24-17-6-2-3-7-19(17)26(20)22/h1-13,20,27H,(H,24,25)/t20-/m1/s1. The first-order valence-corrected chi connectivity index (χ1v) is 9.08. The highest BCUT2D eigenvalue weighted by Gasteiger charge is 2.26. The number of nitrogens with zero attached hydrogens (tertiary/aromatic N) is 2. The second-order valence-electron chi connectivity index (χ2n) is 6.51. The van der Waals surface area contributed by atoms with E-state index in [1.807, 2.05) is 60.7 Å². The van der Waals surface area contributed by atoms with E-state index < -0.39 is 0 Å². The summed E-state index contributed by atoms with van der Waals surface area (Å²) in [6, 6.07) is 23.1. The van der Waals surface area contributed by atoms with Crippen molar-refractivity contribution in [3.8, 4) is 5.75 Å². The normalized spacial score (nSPS) is 15.9. The maximum Gasteiger partial charge on any atom is 0.209 e. The summed E-state index contributed by atoms with van der Waals surface area (Å²) in [5, 5.41) is 14.4. The van der Waals surface area contributed by atoms with Gasteiger partial charge >= 0.3 is 0 Å². The molecule has 2 N–H and O–H groups in total. The lowest BCUT2D eigenvalue weighted by Crippen LogP contribution is -2.19. The van der Waals surface area contributed by atoms with Crippen molar-refractivity contribution in [3.63, 3.8) is 0 Å². The van der Waals surface area contributed by atoms with Crippen LogP contribution < -0.4 is 5.32 Å². The molecule has 0 amide bonds. The van der Waals surface area contributed by atoms with E-state index in [1.54, 1.807) is 6.07 Å². The number of imidazole rings is 1. The Labute approximate surface area is 161 Å². The van der Waals surface area contributed by atoms with Crippen molar-refractivity contribution in [2.45, 2.75) is 6.04 Å². The minimum absolute atomic E-state index is 0.0690. The molecule has 1 atom stereocenters. The summed E-state index contributed by atoms with van der Waals surface area (Å²) < 4.78 is 2.17. The number of aromatic hydroxyl groups is 1. The molecule has 0 radical (unpaired) electrons. The Hall–Kier alpha value is -3.24. The van der Waals surface area contributed by atoms with Crippen molar-refractivity contribution in [2.75, 3.05) is 5.32 Å². The molecule has 0 aliphatic carbocycles. The van der Waals surface area contributed by atoms with Gasteiger partial charge < -0.3 is 10.4 Å². The molecule has 4 aromatic rings. The van der Waals surface area contributed by atoms with Crippen LogP contribution in [0.5, 0.6) is 5.75 Å². The van der Waals surface area contributed by atoms with Gasteiger partial charge in [0.25, 0.3) is 0 Å². The van der Waals surface area contributed by atoms with Gasteiger partial charge in [0.1, 0.15) is 5.75 Å². The van der Waals surface area contributed by atoms with Crippen LogP contribution in [0.15, 0.2) is 78.9 Å². The summed E-state index contributed by atoms with van der Waals surface area (Å²) in [4.78, 5) is 4.76. The average molecular weight is 374 g/mol. The number of fused-ring (bicyclic) bond motifs is 3. The van der Waals surface area contributed by atoms with Crippen LogP contribution in [-0.2, 0) is 0 Å². The van der Waals surface area contributed by atoms with Gasteiger partial charge in [-0.3, -0.25) is 4.57 Å². The van der Waals surface area contributed by atoms with Gasteiger partial charge in [0.15, 0.2) is 0 Å². The van der Waals surface area contributed by atoms with Gasteiger partial charge in [0.05, 0.1) is 22.8 Å². The van der Waals surface area contributed by atoms with Gasteiger partial charge in [-0.1, -0.05) is 48.0 Å². The third-order valence-corrected chi connectivity index (χ3v) is 5.10. The largest absolute Gasteiger partial charge is 0.507 e. The predicted octanol–water partition coefficient (Wildman–Crippen LogP) is 5.45. The van der Waals surface area contributed by atoms with Crippen LogP contribution in [0.1, 0.15) is 17.2 Å². The van der Waals surface area contributed by atoms with Gasteiger partial charge in [-0.15, -0.1) is 0 Å². The highest BCUT2D eigenvalue weighted by atomic mass is 35.5. The number of hydrogen-bond acceptors (Lipinski definition) is 3. The molecule has 0 spiro atoms. The number of para-hydroxylation sites is 3. The summed E-state index contributed by atoms with van der Waals surface area (Å²) in [6.07, 6.45) is 2.11. The Morgan fingerprint density at radius 3 is 2.48 bits per heavy atom. The van der Waals surface area contributed by atoms with Crippen LogP contribution in [-0.4, -0.2) is 14.7 Å². The molecule has 132 valence electrons. The van der Waals surface area contributed by atoms with Gasteiger partial charge in [0.2, 0.25) is 5.95 Å². The lowest BCUT2D eigenvalue weighted by Gasteiger charge is -2.27. The number of nitrogens with one attached hydrogen (secondary N) is 1. The summed E-state index contributed by atoms with van der Waals surface area (Å²) in [6.45, 7) is 0. The lowest BCUT2D eigenvalue weighted by molar-refractivity contribution is 0.473. The fraction of sp³-hybridized carbons (Fsp3) is 0.0455. The van der Waals surface area contributed by atoms with Gasteiger partial charge in [-0.05, 0) is 48.0 Å². The number of aromatic nitrogens is 2. The number of allylic oxidation sites excluding steroid dienone is 1. The molecule has 1 aliphatic rings. The fourth-order valence-electron chi connectivity index (χ4n) is 3.57. The molecule has 0 saturated carbocycles. The first kappa shape index (κ1) is 16.0. The zero-order valence-corrected chi connectivity index (χ0v) is 15.1. The molecule has 0 unspecified atom stereocenters. The molecule has 1 aromatic heterocycles.